The lowest BCUT2D eigenvalue weighted by Gasteiger charge is -2.33. The summed E-state index contributed by atoms with van der Waals surface area (Å²) in [5, 5.41) is 9.02. The maximum atomic E-state index is 12.3. The van der Waals surface area contributed by atoms with Crippen molar-refractivity contribution in [1.82, 2.24) is 4.31 Å². The van der Waals surface area contributed by atoms with Crippen molar-refractivity contribution >= 4 is 10.0 Å². The van der Waals surface area contributed by atoms with Crippen LogP contribution in [0.2, 0.25) is 0 Å². The minimum Gasteiger partial charge on any atom is -0.395 e. The number of aliphatic hydroxyl groups is 1. The highest BCUT2D eigenvalue weighted by Gasteiger charge is 2.37. The Balaban J connectivity index is 2.92. The van der Waals surface area contributed by atoms with Gasteiger partial charge in [-0.2, -0.15) is 4.31 Å². The molecule has 17 heavy (non-hydrogen) atoms. The molecule has 1 atom stereocenters. The molecule has 5 heteroatoms. The molecule has 0 aromatic rings. The lowest BCUT2D eigenvalue weighted by Crippen LogP contribution is -2.48. The maximum Gasteiger partial charge on any atom is 0.216 e. The summed E-state index contributed by atoms with van der Waals surface area (Å²) >= 11 is 0. The van der Waals surface area contributed by atoms with Crippen molar-refractivity contribution in [3.05, 3.63) is 0 Å². The molecule has 0 amide bonds. The number of aliphatic hydroxyl groups excluding tert-OH is 1. The minimum atomic E-state index is -3.28. The lowest BCUT2D eigenvalue weighted by atomic mass is 10.1. The molecule has 0 saturated heterocycles. The van der Waals surface area contributed by atoms with E-state index in [2.05, 4.69) is 0 Å². The molecule has 4 nitrogen and oxygen atoms in total. The van der Waals surface area contributed by atoms with Crippen LogP contribution in [-0.2, 0) is 10.0 Å². The first-order valence-electron chi connectivity index (χ1n) is 6.42. The van der Waals surface area contributed by atoms with Gasteiger partial charge in [-0.1, -0.05) is 13.8 Å². The van der Waals surface area contributed by atoms with E-state index in [4.69, 9.17) is 0 Å². The summed E-state index contributed by atoms with van der Waals surface area (Å²) in [6, 6.07) is -0.289. The van der Waals surface area contributed by atoms with E-state index in [-0.39, 0.29) is 18.6 Å². The molecule has 0 bridgehead atoms. The summed E-state index contributed by atoms with van der Waals surface area (Å²) in [5.41, 5.74) is 0. The van der Waals surface area contributed by atoms with Crippen LogP contribution in [0.5, 0.6) is 0 Å². The van der Waals surface area contributed by atoms with Crippen molar-refractivity contribution in [3.8, 4) is 0 Å². The van der Waals surface area contributed by atoms with Gasteiger partial charge in [-0.05, 0) is 38.5 Å². The van der Waals surface area contributed by atoms with Crippen LogP contribution in [0.3, 0.4) is 0 Å². The van der Waals surface area contributed by atoms with E-state index in [1.807, 2.05) is 13.8 Å². The molecule has 0 aromatic heterocycles. The summed E-state index contributed by atoms with van der Waals surface area (Å²) in [6.45, 7) is 7.78. The highest BCUT2D eigenvalue weighted by atomic mass is 32.2. The second kappa shape index (κ2) is 5.67. The third-order valence-corrected chi connectivity index (χ3v) is 5.65. The van der Waals surface area contributed by atoms with Crippen molar-refractivity contribution in [2.75, 3.05) is 13.2 Å². The van der Waals surface area contributed by atoms with Gasteiger partial charge in [-0.15, -0.1) is 0 Å². The fourth-order valence-corrected chi connectivity index (χ4v) is 3.54. The predicted octanol–water partition coefficient (Wildman–Crippen LogP) is 1.45. The van der Waals surface area contributed by atoms with E-state index in [9.17, 15) is 13.5 Å². The van der Waals surface area contributed by atoms with Gasteiger partial charge in [0.2, 0.25) is 10.0 Å². The van der Waals surface area contributed by atoms with Gasteiger partial charge in [0.15, 0.2) is 0 Å². The zero-order chi connectivity index (χ0) is 13.2. The molecule has 1 fully saturated rings. The van der Waals surface area contributed by atoms with E-state index in [0.717, 1.165) is 12.8 Å². The van der Waals surface area contributed by atoms with Gasteiger partial charge < -0.3 is 5.11 Å². The molecule has 102 valence electrons. The predicted molar refractivity (Wildman–Crippen MR) is 69.2 cm³/mol. The summed E-state index contributed by atoms with van der Waals surface area (Å²) in [7, 11) is -3.28. The van der Waals surface area contributed by atoms with Crippen LogP contribution in [-0.4, -0.2) is 42.3 Å². The van der Waals surface area contributed by atoms with Gasteiger partial charge in [0.05, 0.1) is 17.9 Å². The average Bonchev–Trinajstić information content (AvgIpc) is 3.00. The van der Waals surface area contributed by atoms with Crippen LogP contribution in [0.15, 0.2) is 0 Å². The standard InChI is InChI=1S/C12H25NO3S/c1-9(2)12(8-14)13(7-11-5-6-11)17(15,16)10(3)4/h9-12,14H,5-8H2,1-4H3/t12-/m0/s1. The Morgan fingerprint density at radius 1 is 1.24 bits per heavy atom. The Labute approximate surface area is 105 Å². The first kappa shape index (κ1) is 14.9. The van der Waals surface area contributed by atoms with Crippen molar-refractivity contribution in [3.63, 3.8) is 0 Å². The van der Waals surface area contributed by atoms with Gasteiger partial charge in [0, 0.05) is 6.54 Å². The van der Waals surface area contributed by atoms with E-state index in [1.54, 1.807) is 18.2 Å². The SMILES string of the molecule is CC(C)[C@H](CO)N(CC1CC1)S(=O)(=O)C(C)C. The fraction of sp³-hybridized carbons (Fsp3) is 1.00. The van der Waals surface area contributed by atoms with Gasteiger partial charge in [0.25, 0.3) is 0 Å². The first-order chi connectivity index (χ1) is 7.80. The van der Waals surface area contributed by atoms with Crippen LogP contribution in [0.25, 0.3) is 0 Å². The molecule has 1 aliphatic rings. The fourth-order valence-electron chi connectivity index (χ4n) is 1.89. The Kier molecular flexibility index (Phi) is 4.98. The van der Waals surface area contributed by atoms with Crippen molar-refractivity contribution in [1.29, 1.82) is 0 Å². The molecule has 0 spiro atoms. The monoisotopic (exact) mass is 263 g/mol. The first-order valence-corrected chi connectivity index (χ1v) is 7.92. The number of hydrogen-bond donors (Lipinski definition) is 1. The third-order valence-electron chi connectivity index (χ3n) is 3.38. The molecule has 0 aliphatic heterocycles. The highest BCUT2D eigenvalue weighted by Crippen LogP contribution is 2.32. The summed E-state index contributed by atoms with van der Waals surface area (Å²) < 4.78 is 26.2. The molecular weight excluding hydrogens is 238 g/mol. The van der Waals surface area contributed by atoms with Gasteiger partial charge in [0.1, 0.15) is 0 Å². The Morgan fingerprint density at radius 3 is 2.06 bits per heavy atom. The van der Waals surface area contributed by atoms with Gasteiger partial charge in [-0.25, -0.2) is 8.42 Å². The largest absolute Gasteiger partial charge is 0.395 e. The molecule has 0 heterocycles. The quantitative estimate of drug-likeness (QED) is 0.756. The van der Waals surface area contributed by atoms with E-state index >= 15 is 0 Å². The second-order valence-electron chi connectivity index (χ2n) is 5.60. The van der Waals surface area contributed by atoms with Crippen LogP contribution in [0.1, 0.15) is 40.5 Å². The van der Waals surface area contributed by atoms with Crippen molar-refractivity contribution in [2.24, 2.45) is 11.8 Å². The van der Waals surface area contributed by atoms with Crippen molar-refractivity contribution < 1.29 is 13.5 Å². The molecule has 0 unspecified atom stereocenters. The molecular formula is C12H25NO3S. The molecule has 1 aliphatic carbocycles. The Hall–Kier alpha value is -0.130. The topological polar surface area (TPSA) is 57.6 Å². The Bertz CT molecular complexity index is 334. The normalized spacial score (nSPS) is 19.3. The second-order valence-corrected chi connectivity index (χ2v) is 8.04. The van der Waals surface area contributed by atoms with Crippen LogP contribution in [0, 0.1) is 11.8 Å². The number of sulfonamides is 1. The summed E-state index contributed by atoms with van der Waals surface area (Å²) in [5.74, 6) is 0.628. The molecule has 0 aromatic carbocycles. The molecule has 0 radical (unpaired) electrons. The molecule has 1 N–H and O–H groups in total. The Morgan fingerprint density at radius 2 is 1.76 bits per heavy atom. The number of rotatable bonds is 7. The van der Waals surface area contributed by atoms with Crippen molar-refractivity contribution in [2.45, 2.75) is 51.8 Å². The number of nitrogens with zero attached hydrogens (tertiary/aromatic N) is 1. The third kappa shape index (κ3) is 3.66. The summed E-state index contributed by atoms with van der Waals surface area (Å²) in [6.07, 6.45) is 2.22. The number of hydrogen-bond acceptors (Lipinski definition) is 3. The summed E-state index contributed by atoms with van der Waals surface area (Å²) in [4.78, 5) is 0. The highest BCUT2D eigenvalue weighted by molar-refractivity contribution is 7.89. The maximum absolute atomic E-state index is 12.3. The van der Waals surface area contributed by atoms with Crippen LogP contribution >= 0.6 is 0 Å². The van der Waals surface area contributed by atoms with E-state index < -0.39 is 15.3 Å². The molecule has 1 saturated carbocycles. The smallest absolute Gasteiger partial charge is 0.216 e. The minimum absolute atomic E-state index is 0.101. The average molecular weight is 263 g/mol. The zero-order valence-corrected chi connectivity index (χ0v) is 12.1. The van der Waals surface area contributed by atoms with Gasteiger partial charge in [-0.3, -0.25) is 0 Å². The molecule has 1 rings (SSSR count). The zero-order valence-electron chi connectivity index (χ0n) is 11.3. The van der Waals surface area contributed by atoms with Gasteiger partial charge >= 0.3 is 0 Å². The lowest BCUT2D eigenvalue weighted by molar-refractivity contribution is 0.148. The van der Waals surface area contributed by atoms with E-state index in [1.165, 1.54) is 0 Å². The van der Waals surface area contributed by atoms with E-state index in [0.29, 0.717) is 12.5 Å². The van der Waals surface area contributed by atoms with Crippen LogP contribution < -0.4 is 0 Å². The van der Waals surface area contributed by atoms with Crippen LogP contribution in [0.4, 0.5) is 0 Å².